The first-order valence-corrected chi connectivity index (χ1v) is 8.78. The fraction of sp³-hybridized carbons (Fsp3) is 0.263. The molecule has 0 spiro atoms. The molecule has 2 aromatic heterocycles. The van der Waals surface area contributed by atoms with Gasteiger partial charge in [0.05, 0.1) is 23.1 Å². The largest absolute Gasteiger partial charge is 0.454 e. The van der Waals surface area contributed by atoms with E-state index in [1.807, 2.05) is 24.3 Å². The Morgan fingerprint density at radius 3 is 2.89 bits per heavy atom. The van der Waals surface area contributed by atoms with E-state index in [-0.39, 0.29) is 12.7 Å². The number of hydrogen-bond donors (Lipinski definition) is 1. The quantitative estimate of drug-likeness (QED) is 0.765. The lowest BCUT2D eigenvalue weighted by Crippen LogP contribution is -2.19. The molecule has 1 fully saturated rings. The van der Waals surface area contributed by atoms with Gasteiger partial charge in [0.15, 0.2) is 11.5 Å². The van der Waals surface area contributed by atoms with Gasteiger partial charge in [-0.3, -0.25) is 4.79 Å². The van der Waals surface area contributed by atoms with E-state index in [1.165, 1.54) is 0 Å². The van der Waals surface area contributed by atoms with Gasteiger partial charge in [0.1, 0.15) is 0 Å². The van der Waals surface area contributed by atoms with Crippen molar-refractivity contribution in [2.75, 3.05) is 13.8 Å². The molecule has 0 saturated heterocycles. The van der Waals surface area contributed by atoms with Gasteiger partial charge < -0.3 is 14.8 Å². The zero-order valence-corrected chi connectivity index (χ0v) is 14.7. The summed E-state index contributed by atoms with van der Waals surface area (Å²) in [6.45, 7) is 0.230. The molecule has 0 unspecified atom stereocenters. The number of benzene rings is 1. The number of nitrogens with one attached hydrogen (secondary N) is 1. The van der Waals surface area contributed by atoms with Gasteiger partial charge in [-0.05, 0) is 37.1 Å². The molecule has 1 amide bonds. The van der Waals surface area contributed by atoms with Crippen molar-refractivity contribution in [1.29, 1.82) is 0 Å². The van der Waals surface area contributed by atoms with E-state index in [4.69, 9.17) is 9.47 Å². The van der Waals surface area contributed by atoms with Gasteiger partial charge in [-0.1, -0.05) is 0 Å². The van der Waals surface area contributed by atoms with Gasteiger partial charge in [-0.2, -0.15) is 5.10 Å². The van der Waals surface area contributed by atoms with E-state index >= 15 is 0 Å². The van der Waals surface area contributed by atoms with Crippen molar-refractivity contribution >= 4 is 5.91 Å². The summed E-state index contributed by atoms with van der Waals surface area (Å²) in [5, 5.41) is 7.07. The van der Waals surface area contributed by atoms with Crippen molar-refractivity contribution in [3.05, 3.63) is 47.9 Å². The molecule has 1 saturated carbocycles. The Morgan fingerprint density at radius 2 is 2.07 bits per heavy atom. The Morgan fingerprint density at radius 1 is 1.22 bits per heavy atom. The normalized spacial score (nSPS) is 15.0. The number of fused-ring (bicyclic) bond motifs is 1. The lowest BCUT2D eigenvalue weighted by atomic mass is 10.1. The molecule has 2 aliphatic rings. The van der Waals surface area contributed by atoms with Gasteiger partial charge in [-0.25, -0.2) is 14.6 Å². The minimum atomic E-state index is -0.143. The minimum Gasteiger partial charge on any atom is -0.454 e. The van der Waals surface area contributed by atoms with Gasteiger partial charge in [0.25, 0.3) is 11.9 Å². The number of hydrogen-bond acceptors (Lipinski definition) is 6. The molecule has 0 radical (unpaired) electrons. The first kappa shape index (κ1) is 15.8. The molecule has 1 aliphatic carbocycles. The number of carbonyl (C=O) groups excluding carboxylic acids is 1. The molecular weight excluding hydrogens is 346 g/mol. The predicted octanol–water partition coefficient (Wildman–Crippen LogP) is 2.29. The van der Waals surface area contributed by atoms with E-state index in [9.17, 15) is 4.79 Å². The number of carbonyl (C=O) groups is 1. The second-order valence-electron chi connectivity index (χ2n) is 6.52. The molecule has 27 heavy (non-hydrogen) atoms. The minimum absolute atomic E-state index is 0.143. The molecule has 3 heterocycles. The summed E-state index contributed by atoms with van der Waals surface area (Å²) < 4.78 is 12.5. The summed E-state index contributed by atoms with van der Waals surface area (Å²) >= 11 is 0. The first-order valence-electron chi connectivity index (χ1n) is 8.78. The number of aromatic nitrogens is 4. The first-order chi connectivity index (χ1) is 13.2. The van der Waals surface area contributed by atoms with Crippen molar-refractivity contribution < 1.29 is 14.3 Å². The Hall–Kier alpha value is -3.42. The maximum absolute atomic E-state index is 12.2. The standard InChI is InChI=1S/C19H17N5O3/c1-20-18(25)13-9-22-24(17(13)11-2-3-11)19-21-7-6-14(23-19)12-4-5-15-16(8-12)27-10-26-15/h4-9,11H,2-3,10H2,1H3,(H,20,25). The van der Waals surface area contributed by atoms with Gasteiger partial charge in [0, 0.05) is 24.7 Å². The molecule has 8 heteroatoms. The zero-order chi connectivity index (χ0) is 18.4. The highest BCUT2D eigenvalue weighted by molar-refractivity contribution is 5.95. The highest BCUT2D eigenvalue weighted by Gasteiger charge is 2.33. The Bertz CT molecular complexity index is 1040. The van der Waals surface area contributed by atoms with Crippen LogP contribution in [0, 0.1) is 0 Å². The smallest absolute Gasteiger partial charge is 0.254 e. The van der Waals surface area contributed by atoms with Crippen LogP contribution in [-0.4, -0.2) is 39.5 Å². The summed E-state index contributed by atoms with van der Waals surface area (Å²) in [5.74, 6) is 2.05. The predicted molar refractivity (Wildman–Crippen MR) is 96.1 cm³/mol. The Labute approximate surface area is 155 Å². The lowest BCUT2D eigenvalue weighted by molar-refractivity contribution is 0.0962. The number of rotatable bonds is 4. The van der Waals surface area contributed by atoms with Crippen LogP contribution in [-0.2, 0) is 0 Å². The van der Waals surface area contributed by atoms with E-state index in [2.05, 4.69) is 20.4 Å². The van der Waals surface area contributed by atoms with E-state index in [1.54, 1.807) is 24.1 Å². The van der Waals surface area contributed by atoms with E-state index < -0.39 is 0 Å². The molecule has 5 rings (SSSR count). The summed E-state index contributed by atoms with van der Waals surface area (Å²) in [5.41, 5.74) is 3.10. The molecule has 3 aromatic rings. The van der Waals surface area contributed by atoms with Crippen LogP contribution >= 0.6 is 0 Å². The maximum atomic E-state index is 12.2. The Balaban J connectivity index is 1.57. The van der Waals surface area contributed by atoms with Crippen LogP contribution in [0.25, 0.3) is 17.2 Å². The van der Waals surface area contributed by atoms with Crippen LogP contribution in [0.1, 0.15) is 34.8 Å². The van der Waals surface area contributed by atoms with E-state index in [0.717, 1.165) is 35.5 Å². The molecular formula is C19H17N5O3. The summed E-state index contributed by atoms with van der Waals surface area (Å²) in [7, 11) is 1.62. The molecule has 136 valence electrons. The van der Waals surface area contributed by atoms with Crippen molar-refractivity contribution in [2.45, 2.75) is 18.8 Å². The van der Waals surface area contributed by atoms with E-state index in [0.29, 0.717) is 23.2 Å². The van der Waals surface area contributed by atoms with Gasteiger partial charge in [0.2, 0.25) is 6.79 Å². The zero-order valence-electron chi connectivity index (χ0n) is 14.7. The van der Waals surface area contributed by atoms with Crippen molar-refractivity contribution in [3.63, 3.8) is 0 Å². The SMILES string of the molecule is CNC(=O)c1cnn(-c2nccc(-c3ccc4c(c3)OCO4)n2)c1C1CC1. The maximum Gasteiger partial charge on any atom is 0.254 e. The fourth-order valence-corrected chi connectivity index (χ4v) is 3.24. The summed E-state index contributed by atoms with van der Waals surface area (Å²) in [6.07, 6.45) is 5.36. The van der Waals surface area contributed by atoms with Gasteiger partial charge in [-0.15, -0.1) is 0 Å². The Kier molecular flexibility index (Phi) is 3.56. The second kappa shape index (κ2) is 6.08. The average molecular weight is 363 g/mol. The highest BCUT2D eigenvalue weighted by atomic mass is 16.7. The number of amides is 1. The summed E-state index contributed by atoms with van der Waals surface area (Å²) in [4.78, 5) is 21.2. The molecule has 0 atom stereocenters. The van der Waals surface area contributed by atoms with Crippen LogP contribution in [0.2, 0.25) is 0 Å². The molecule has 1 N–H and O–H groups in total. The molecule has 0 bridgehead atoms. The molecule has 8 nitrogen and oxygen atoms in total. The second-order valence-corrected chi connectivity index (χ2v) is 6.52. The summed E-state index contributed by atoms with van der Waals surface area (Å²) in [6, 6.07) is 7.53. The van der Waals surface area contributed by atoms with Crippen LogP contribution in [0.4, 0.5) is 0 Å². The van der Waals surface area contributed by atoms with Crippen LogP contribution in [0.15, 0.2) is 36.7 Å². The lowest BCUT2D eigenvalue weighted by Gasteiger charge is -2.09. The number of nitrogens with zero attached hydrogens (tertiary/aromatic N) is 4. The third-order valence-electron chi connectivity index (χ3n) is 4.74. The van der Waals surface area contributed by atoms with Crippen molar-refractivity contribution in [1.82, 2.24) is 25.1 Å². The van der Waals surface area contributed by atoms with Crippen molar-refractivity contribution in [3.8, 4) is 28.7 Å². The molecule has 1 aliphatic heterocycles. The third kappa shape index (κ3) is 2.69. The number of ether oxygens (including phenoxy) is 2. The van der Waals surface area contributed by atoms with Crippen LogP contribution in [0.3, 0.4) is 0 Å². The molecule has 1 aromatic carbocycles. The third-order valence-corrected chi connectivity index (χ3v) is 4.74. The van der Waals surface area contributed by atoms with Crippen LogP contribution < -0.4 is 14.8 Å². The topological polar surface area (TPSA) is 91.2 Å². The average Bonchev–Trinajstić information content (AvgIpc) is 3.27. The van der Waals surface area contributed by atoms with Crippen LogP contribution in [0.5, 0.6) is 11.5 Å². The van der Waals surface area contributed by atoms with Gasteiger partial charge >= 0.3 is 0 Å². The fourth-order valence-electron chi connectivity index (χ4n) is 3.24. The van der Waals surface area contributed by atoms with Crippen molar-refractivity contribution in [2.24, 2.45) is 0 Å². The highest BCUT2D eigenvalue weighted by Crippen LogP contribution is 2.42. The monoisotopic (exact) mass is 363 g/mol.